The molecule has 0 saturated carbocycles. The number of fused-ring (bicyclic) bond motifs is 1. The summed E-state index contributed by atoms with van der Waals surface area (Å²) in [4.78, 5) is 20.0. The van der Waals surface area contributed by atoms with E-state index >= 15 is 0 Å². The number of ether oxygens (including phenoxy) is 1. The lowest BCUT2D eigenvalue weighted by atomic mass is 10.1. The van der Waals surface area contributed by atoms with E-state index in [1.807, 2.05) is 4.90 Å². The second-order valence-electron chi connectivity index (χ2n) is 6.85. The molecule has 3 aliphatic rings. The van der Waals surface area contributed by atoms with Gasteiger partial charge in [0.05, 0.1) is 13.2 Å². The van der Waals surface area contributed by atoms with Crippen LogP contribution in [-0.2, 0) is 14.8 Å². The van der Waals surface area contributed by atoms with Crippen LogP contribution in [-0.4, -0.2) is 91.9 Å². The molecule has 25 heavy (non-hydrogen) atoms. The summed E-state index contributed by atoms with van der Waals surface area (Å²) >= 11 is 0. The van der Waals surface area contributed by atoms with E-state index in [4.69, 9.17) is 4.74 Å². The number of carbonyl (C=O) groups excluding carboxylic acids is 1. The van der Waals surface area contributed by atoms with Crippen LogP contribution in [0.15, 0.2) is 17.2 Å². The minimum Gasteiger partial charge on any atom is -0.379 e. The Morgan fingerprint density at radius 1 is 1.16 bits per heavy atom. The van der Waals surface area contributed by atoms with Gasteiger partial charge in [-0.2, -0.15) is 4.31 Å². The number of amides is 1. The van der Waals surface area contributed by atoms with Crippen molar-refractivity contribution >= 4 is 15.9 Å². The number of sulfonamides is 1. The van der Waals surface area contributed by atoms with Crippen molar-refractivity contribution in [2.75, 3.05) is 52.5 Å². The minimum atomic E-state index is -3.58. The van der Waals surface area contributed by atoms with Crippen molar-refractivity contribution in [3.63, 3.8) is 0 Å². The van der Waals surface area contributed by atoms with Gasteiger partial charge in [0.1, 0.15) is 10.6 Å². The number of aromatic nitrogens is 1. The van der Waals surface area contributed by atoms with E-state index in [0.717, 1.165) is 26.1 Å². The second-order valence-corrected chi connectivity index (χ2v) is 8.79. The summed E-state index contributed by atoms with van der Waals surface area (Å²) in [6.45, 7) is 4.94. The number of hydrogen-bond donors (Lipinski definition) is 1. The van der Waals surface area contributed by atoms with Gasteiger partial charge in [0.25, 0.3) is 5.91 Å². The van der Waals surface area contributed by atoms with E-state index in [2.05, 4.69) is 9.88 Å². The molecule has 1 aromatic heterocycles. The SMILES string of the molecule is O=C(c1cc(S(=O)(=O)N2CCOCC2)c[nH]1)N1CCN2CCCC2C1. The van der Waals surface area contributed by atoms with Crippen LogP contribution in [0.3, 0.4) is 0 Å². The molecule has 0 spiro atoms. The van der Waals surface area contributed by atoms with Gasteiger partial charge in [-0.15, -0.1) is 0 Å². The molecule has 3 aliphatic heterocycles. The van der Waals surface area contributed by atoms with Gasteiger partial charge in [-0.05, 0) is 25.5 Å². The van der Waals surface area contributed by atoms with Crippen molar-refractivity contribution in [3.05, 3.63) is 18.0 Å². The maximum atomic E-state index is 12.8. The van der Waals surface area contributed by atoms with Gasteiger partial charge in [-0.3, -0.25) is 9.69 Å². The number of carbonyl (C=O) groups is 1. The minimum absolute atomic E-state index is 0.116. The number of rotatable bonds is 3. The molecule has 0 bridgehead atoms. The molecular formula is C16H24N4O4S. The molecule has 9 heteroatoms. The van der Waals surface area contributed by atoms with Crippen LogP contribution in [0.2, 0.25) is 0 Å². The number of nitrogens with one attached hydrogen (secondary N) is 1. The zero-order valence-electron chi connectivity index (χ0n) is 14.2. The van der Waals surface area contributed by atoms with Gasteiger partial charge in [-0.1, -0.05) is 0 Å². The molecular weight excluding hydrogens is 344 g/mol. The molecule has 4 rings (SSSR count). The first-order valence-electron chi connectivity index (χ1n) is 8.85. The Bertz CT molecular complexity index is 741. The van der Waals surface area contributed by atoms with Crippen LogP contribution in [0, 0.1) is 0 Å². The molecule has 1 atom stereocenters. The van der Waals surface area contributed by atoms with E-state index in [1.165, 1.54) is 23.0 Å². The maximum absolute atomic E-state index is 12.8. The van der Waals surface area contributed by atoms with Gasteiger partial charge in [0.15, 0.2) is 0 Å². The summed E-state index contributed by atoms with van der Waals surface area (Å²) in [7, 11) is -3.58. The Labute approximate surface area is 147 Å². The van der Waals surface area contributed by atoms with Crippen molar-refractivity contribution in [1.29, 1.82) is 0 Å². The summed E-state index contributed by atoms with van der Waals surface area (Å²) < 4.78 is 32.0. The highest BCUT2D eigenvalue weighted by Crippen LogP contribution is 2.23. The third-order valence-electron chi connectivity index (χ3n) is 5.37. The molecule has 4 heterocycles. The Kier molecular flexibility index (Phi) is 4.57. The third-order valence-corrected chi connectivity index (χ3v) is 7.25. The average molecular weight is 368 g/mol. The van der Waals surface area contributed by atoms with Gasteiger partial charge < -0.3 is 14.6 Å². The quantitative estimate of drug-likeness (QED) is 0.809. The molecule has 0 aliphatic carbocycles. The molecule has 1 amide bonds. The lowest BCUT2D eigenvalue weighted by Crippen LogP contribution is -2.52. The fraction of sp³-hybridized carbons (Fsp3) is 0.688. The lowest BCUT2D eigenvalue weighted by molar-refractivity contribution is 0.0566. The van der Waals surface area contributed by atoms with E-state index in [9.17, 15) is 13.2 Å². The standard InChI is InChI=1S/C16H24N4O4S/c21-16(19-5-4-18-3-1-2-13(18)12-19)15-10-14(11-17-15)25(22,23)20-6-8-24-9-7-20/h10-11,13,17H,1-9,12H2. The molecule has 138 valence electrons. The Morgan fingerprint density at radius 2 is 1.96 bits per heavy atom. The van der Waals surface area contributed by atoms with Crippen molar-refractivity contribution in [3.8, 4) is 0 Å². The van der Waals surface area contributed by atoms with Crippen LogP contribution >= 0.6 is 0 Å². The number of aromatic amines is 1. The summed E-state index contributed by atoms with van der Waals surface area (Å²) in [5.74, 6) is -0.116. The fourth-order valence-corrected chi connectivity index (χ4v) is 5.33. The monoisotopic (exact) mass is 368 g/mol. The van der Waals surface area contributed by atoms with Gasteiger partial charge in [0, 0.05) is 45.0 Å². The Morgan fingerprint density at radius 3 is 2.76 bits per heavy atom. The van der Waals surface area contributed by atoms with Crippen LogP contribution in [0.5, 0.6) is 0 Å². The average Bonchev–Trinajstić information content (AvgIpc) is 3.31. The Hall–Kier alpha value is -1.42. The first-order chi connectivity index (χ1) is 12.1. The van der Waals surface area contributed by atoms with E-state index in [0.29, 0.717) is 44.6 Å². The normalized spacial score (nSPS) is 25.9. The second kappa shape index (κ2) is 6.71. The molecule has 1 aromatic rings. The number of morpholine rings is 1. The highest BCUT2D eigenvalue weighted by molar-refractivity contribution is 7.89. The maximum Gasteiger partial charge on any atom is 0.270 e. The lowest BCUT2D eigenvalue weighted by Gasteiger charge is -2.37. The third kappa shape index (κ3) is 3.21. The van der Waals surface area contributed by atoms with Crippen LogP contribution in [0.4, 0.5) is 0 Å². The van der Waals surface area contributed by atoms with Crippen LogP contribution < -0.4 is 0 Å². The van der Waals surface area contributed by atoms with Crippen molar-refractivity contribution in [2.45, 2.75) is 23.8 Å². The molecule has 3 saturated heterocycles. The van der Waals surface area contributed by atoms with Crippen molar-refractivity contribution in [1.82, 2.24) is 19.1 Å². The largest absolute Gasteiger partial charge is 0.379 e. The summed E-state index contributed by atoms with van der Waals surface area (Å²) in [5, 5.41) is 0. The number of piperazine rings is 1. The van der Waals surface area contributed by atoms with Crippen LogP contribution in [0.1, 0.15) is 23.3 Å². The van der Waals surface area contributed by atoms with Crippen molar-refractivity contribution in [2.24, 2.45) is 0 Å². The highest BCUT2D eigenvalue weighted by Gasteiger charge is 2.34. The molecule has 8 nitrogen and oxygen atoms in total. The molecule has 1 N–H and O–H groups in total. The summed E-state index contributed by atoms with van der Waals surface area (Å²) in [5.41, 5.74) is 0.346. The Balaban J connectivity index is 1.48. The van der Waals surface area contributed by atoms with E-state index in [1.54, 1.807) is 0 Å². The first kappa shape index (κ1) is 17.0. The predicted molar refractivity (Wildman–Crippen MR) is 90.9 cm³/mol. The van der Waals surface area contributed by atoms with Crippen LogP contribution in [0.25, 0.3) is 0 Å². The smallest absolute Gasteiger partial charge is 0.270 e. The zero-order valence-corrected chi connectivity index (χ0v) is 15.0. The number of nitrogens with zero attached hydrogens (tertiary/aromatic N) is 3. The molecule has 1 unspecified atom stereocenters. The zero-order chi connectivity index (χ0) is 17.4. The topological polar surface area (TPSA) is 85.9 Å². The first-order valence-corrected chi connectivity index (χ1v) is 10.3. The van der Waals surface area contributed by atoms with Gasteiger partial charge in [-0.25, -0.2) is 8.42 Å². The van der Waals surface area contributed by atoms with Gasteiger partial charge in [0.2, 0.25) is 10.0 Å². The van der Waals surface area contributed by atoms with Crippen molar-refractivity contribution < 1.29 is 17.9 Å². The molecule has 0 aromatic carbocycles. The predicted octanol–water partition coefficient (Wildman–Crippen LogP) is -0.0442. The van der Waals surface area contributed by atoms with E-state index < -0.39 is 10.0 Å². The highest BCUT2D eigenvalue weighted by atomic mass is 32.2. The molecule has 0 radical (unpaired) electrons. The summed E-state index contributed by atoms with van der Waals surface area (Å²) in [6.07, 6.45) is 3.74. The number of hydrogen-bond acceptors (Lipinski definition) is 5. The summed E-state index contributed by atoms with van der Waals surface area (Å²) in [6, 6.07) is 1.91. The molecule has 3 fully saturated rings. The van der Waals surface area contributed by atoms with Gasteiger partial charge >= 0.3 is 0 Å². The van der Waals surface area contributed by atoms with E-state index in [-0.39, 0.29) is 10.8 Å². The number of H-pyrrole nitrogens is 1. The fourth-order valence-electron chi connectivity index (χ4n) is 3.93.